The number of thioether (sulfide) groups is 1. The van der Waals surface area contributed by atoms with E-state index in [1.165, 1.54) is 31.0 Å². The van der Waals surface area contributed by atoms with Crippen LogP contribution in [0.2, 0.25) is 0 Å². The Kier molecular flexibility index (Phi) is 9.53. The van der Waals surface area contributed by atoms with Crippen molar-refractivity contribution in [3.63, 3.8) is 0 Å². The van der Waals surface area contributed by atoms with Crippen LogP contribution in [0.4, 0.5) is 0 Å². The summed E-state index contributed by atoms with van der Waals surface area (Å²) in [6, 6.07) is 16.9. The molecule has 2 aromatic heterocycles. The molecule has 1 fully saturated rings. The predicted octanol–water partition coefficient (Wildman–Crippen LogP) is 5.85. The Hall–Kier alpha value is -3.07. The highest BCUT2D eigenvalue weighted by molar-refractivity contribution is 7.98. The lowest BCUT2D eigenvalue weighted by molar-refractivity contribution is 0.0262. The number of halogens is 1. The van der Waals surface area contributed by atoms with Crippen LogP contribution in [0.1, 0.15) is 54.6 Å². The lowest BCUT2D eigenvalue weighted by Crippen LogP contribution is -2.40. The molecule has 4 aromatic rings. The van der Waals surface area contributed by atoms with Crippen LogP contribution in [0, 0.1) is 0 Å². The molecule has 0 amide bonds. The molecule has 3 heterocycles. The molecule has 1 aliphatic heterocycles. The monoisotopic (exact) mass is 566 g/mol. The van der Waals surface area contributed by atoms with Gasteiger partial charge in [-0.15, -0.1) is 12.4 Å². The molecule has 5 rings (SSSR count). The van der Waals surface area contributed by atoms with E-state index in [-0.39, 0.29) is 30.0 Å². The number of carbonyl (C=O) groups excluding carboxylic acids is 1. The number of piperidine rings is 1. The zero-order chi connectivity index (χ0) is 26.6. The van der Waals surface area contributed by atoms with Gasteiger partial charge in [-0.1, -0.05) is 42.4 Å². The maximum Gasteiger partial charge on any atom is 0.263 e. The first kappa shape index (κ1) is 28.9. The molecular formula is C30H35ClN4O3S. The van der Waals surface area contributed by atoms with Crippen LogP contribution < -0.4 is 10.3 Å². The normalized spacial score (nSPS) is 14.6. The van der Waals surface area contributed by atoms with Crippen LogP contribution in [-0.4, -0.2) is 50.4 Å². The molecule has 39 heavy (non-hydrogen) atoms. The lowest BCUT2D eigenvalue weighted by Gasteiger charge is -2.32. The fourth-order valence-corrected chi connectivity index (χ4v) is 5.67. The maximum absolute atomic E-state index is 13.1. The topological polar surface area (TPSA) is 69.4 Å². The highest BCUT2D eigenvalue weighted by atomic mass is 35.5. The van der Waals surface area contributed by atoms with Gasteiger partial charge in [0.2, 0.25) is 0 Å². The van der Waals surface area contributed by atoms with E-state index in [2.05, 4.69) is 11.8 Å². The minimum absolute atomic E-state index is 0. The molecule has 206 valence electrons. The second-order valence-electron chi connectivity index (χ2n) is 9.69. The van der Waals surface area contributed by atoms with Crippen molar-refractivity contribution in [2.75, 3.05) is 19.3 Å². The largest absolute Gasteiger partial charge is 0.475 e. The summed E-state index contributed by atoms with van der Waals surface area (Å²) in [6.45, 7) is 7.33. The van der Waals surface area contributed by atoms with Gasteiger partial charge in [0.1, 0.15) is 17.6 Å². The number of aromatic nitrogens is 3. The third-order valence-electron chi connectivity index (χ3n) is 7.24. The summed E-state index contributed by atoms with van der Waals surface area (Å²) >= 11 is 1.47. The van der Waals surface area contributed by atoms with Crippen LogP contribution in [0.15, 0.2) is 70.7 Å². The van der Waals surface area contributed by atoms with E-state index in [1.54, 1.807) is 4.57 Å². The van der Waals surface area contributed by atoms with Gasteiger partial charge in [0, 0.05) is 43.5 Å². The molecule has 0 radical (unpaired) electrons. The van der Waals surface area contributed by atoms with E-state index < -0.39 is 0 Å². The Morgan fingerprint density at radius 1 is 1.00 bits per heavy atom. The van der Waals surface area contributed by atoms with Crippen molar-refractivity contribution in [3.05, 3.63) is 87.8 Å². The second-order valence-corrected chi connectivity index (χ2v) is 10.5. The van der Waals surface area contributed by atoms with E-state index in [0.29, 0.717) is 40.4 Å². The molecule has 2 aromatic carbocycles. The maximum atomic E-state index is 13.1. The first-order valence-corrected chi connectivity index (χ1v) is 14.5. The average Bonchev–Trinajstić information content (AvgIpc) is 3.36. The summed E-state index contributed by atoms with van der Waals surface area (Å²) in [7, 11) is 0. The molecule has 7 nitrogen and oxygen atoms in total. The highest BCUT2D eigenvalue weighted by Gasteiger charge is 2.18. The Bertz CT molecular complexity index is 1480. The fourth-order valence-electron chi connectivity index (χ4n) is 5.06. The molecule has 0 bridgehead atoms. The minimum Gasteiger partial charge on any atom is -0.475 e. The van der Waals surface area contributed by atoms with Crippen LogP contribution in [-0.2, 0) is 13.1 Å². The second kappa shape index (κ2) is 12.9. The minimum atomic E-state index is -0.0232. The number of carbonyl (C=O) groups is 1. The molecule has 1 saturated heterocycles. The van der Waals surface area contributed by atoms with Crippen LogP contribution >= 0.6 is 24.2 Å². The number of rotatable bonds is 9. The van der Waals surface area contributed by atoms with Crippen molar-refractivity contribution in [2.24, 2.45) is 0 Å². The van der Waals surface area contributed by atoms with Gasteiger partial charge < -0.3 is 9.30 Å². The van der Waals surface area contributed by atoms with Gasteiger partial charge in [0.05, 0.1) is 5.39 Å². The van der Waals surface area contributed by atoms with Crippen LogP contribution in [0.5, 0.6) is 5.75 Å². The molecule has 9 heteroatoms. The van der Waals surface area contributed by atoms with Crippen LogP contribution in [0.25, 0.3) is 11.0 Å². The zero-order valence-electron chi connectivity index (χ0n) is 22.6. The summed E-state index contributed by atoms with van der Waals surface area (Å²) in [4.78, 5) is 33.0. The third kappa shape index (κ3) is 6.24. The number of hydrogen-bond donors (Lipinski definition) is 0. The summed E-state index contributed by atoms with van der Waals surface area (Å²) in [6.07, 6.45) is 7.59. The van der Waals surface area contributed by atoms with Crippen molar-refractivity contribution in [2.45, 2.75) is 57.6 Å². The summed E-state index contributed by atoms with van der Waals surface area (Å²) in [5.74, 6) is 0.753. The Labute approximate surface area is 239 Å². The smallest absolute Gasteiger partial charge is 0.263 e. The SMILES string of the molecule is CCn1c(SC)nc2c(ccn2Cc2ccc(C(=O)c3ccc(OC(C)N4CCCCC4)cc3)cc2)c1=O.Cl. The predicted molar refractivity (Wildman–Crippen MR) is 160 cm³/mol. The Morgan fingerprint density at radius 2 is 1.64 bits per heavy atom. The van der Waals surface area contributed by atoms with Crippen molar-refractivity contribution in [1.29, 1.82) is 0 Å². The molecule has 1 aliphatic rings. The van der Waals surface area contributed by atoms with Gasteiger partial charge in [0.15, 0.2) is 10.9 Å². The zero-order valence-corrected chi connectivity index (χ0v) is 24.3. The molecule has 0 aliphatic carbocycles. The molecule has 0 spiro atoms. The Balaban J connectivity index is 0.00000353. The number of hydrogen-bond acceptors (Lipinski definition) is 6. The molecular weight excluding hydrogens is 532 g/mol. The molecule has 1 atom stereocenters. The van der Waals surface area contributed by atoms with E-state index in [9.17, 15) is 9.59 Å². The Morgan fingerprint density at radius 3 is 2.26 bits per heavy atom. The van der Waals surface area contributed by atoms with Crippen molar-refractivity contribution in [3.8, 4) is 5.75 Å². The van der Waals surface area contributed by atoms with Crippen molar-refractivity contribution in [1.82, 2.24) is 19.0 Å². The lowest BCUT2D eigenvalue weighted by atomic mass is 10.0. The van der Waals surface area contributed by atoms with E-state index in [0.717, 1.165) is 24.4 Å². The molecule has 0 saturated carbocycles. The van der Waals surface area contributed by atoms with Crippen molar-refractivity contribution < 1.29 is 9.53 Å². The van der Waals surface area contributed by atoms with Gasteiger partial charge in [-0.2, -0.15) is 0 Å². The van der Waals surface area contributed by atoms with Crippen LogP contribution in [0.3, 0.4) is 0 Å². The fraction of sp³-hybridized carbons (Fsp3) is 0.367. The van der Waals surface area contributed by atoms with Gasteiger partial charge in [0.25, 0.3) is 5.56 Å². The average molecular weight is 567 g/mol. The highest BCUT2D eigenvalue weighted by Crippen LogP contribution is 2.21. The summed E-state index contributed by atoms with van der Waals surface area (Å²) < 4.78 is 9.79. The number of fused-ring (bicyclic) bond motifs is 1. The van der Waals surface area contributed by atoms with E-state index in [4.69, 9.17) is 9.72 Å². The van der Waals surface area contributed by atoms with Gasteiger partial charge in [-0.3, -0.25) is 19.1 Å². The first-order valence-electron chi connectivity index (χ1n) is 13.3. The third-order valence-corrected chi connectivity index (χ3v) is 7.91. The van der Waals surface area contributed by atoms with E-state index in [1.807, 2.05) is 78.5 Å². The van der Waals surface area contributed by atoms with E-state index >= 15 is 0 Å². The number of ether oxygens (including phenoxy) is 1. The summed E-state index contributed by atoms with van der Waals surface area (Å²) in [5, 5.41) is 1.33. The number of benzene rings is 2. The van der Waals surface area contributed by atoms with Gasteiger partial charge in [-0.05, 0) is 68.8 Å². The number of ketones is 1. The summed E-state index contributed by atoms with van der Waals surface area (Å²) in [5.41, 5.74) is 2.96. The first-order chi connectivity index (χ1) is 18.5. The quantitative estimate of drug-likeness (QED) is 0.144. The molecule has 1 unspecified atom stereocenters. The number of nitrogens with zero attached hydrogens (tertiary/aromatic N) is 4. The molecule has 0 N–H and O–H groups in total. The number of likely N-dealkylation sites (tertiary alicyclic amines) is 1. The van der Waals surface area contributed by atoms with Gasteiger partial charge >= 0.3 is 0 Å². The van der Waals surface area contributed by atoms with Crippen molar-refractivity contribution >= 4 is 41.0 Å². The standard InChI is InChI=1S/C30H34N4O3S.ClH/c1-4-34-29(36)26-16-19-33(28(26)31-30(34)38-3)20-22-8-10-23(11-9-22)27(35)24-12-14-25(15-13-24)37-21(2)32-17-6-5-7-18-32;/h8-16,19,21H,4-7,17-18,20H2,1-3H3;1H. The van der Waals surface area contributed by atoms with Gasteiger partial charge in [-0.25, -0.2) is 4.98 Å².